The van der Waals surface area contributed by atoms with Crippen LogP contribution in [0.5, 0.6) is 5.75 Å². The summed E-state index contributed by atoms with van der Waals surface area (Å²) in [5.74, 6) is 0.625. The van der Waals surface area contributed by atoms with Gasteiger partial charge in [-0.3, -0.25) is 9.36 Å². The van der Waals surface area contributed by atoms with Gasteiger partial charge in [0.1, 0.15) is 5.75 Å². The Kier molecular flexibility index (Phi) is 6.33. The minimum atomic E-state index is -0.634. The normalized spacial score (nSPS) is 15.9. The van der Waals surface area contributed by atoms with Crippen LogP contribution < -0.4 is 19.6 Å². The summed E-state index contributed by atoms with van der Waals surface area (Å²) in [4.78, 5) is 31.4. The van der Waals surface area contributed by atoms with Gasteiger partial charge in [0.25, 0.3) is 5.56 Å². The number of hydrogen-bond donors (Lipinski definition) is 0. The summed E-state index contributed by atoms with van der Waals surface area (Å²) in [6.45, 7) is 6.06. The van der Waals surface area contributed by atoms with Crippen LogP contribution in [0.25, 0.3) is 6.08 Å². The lowest BCUT2D eigenvalue weighted by atomic mass is 9.96. The Hall–Kier alpha value is -3.45. The number of methoxy groups -OCH3 is 2. The topological polar surface area (TPSA) is 69.9 Å². The van der Waals surface area contributed by atoms with Crippen molar-refractivity contribution in [3.8, 4) is 5.75 Å². The van der Waals surface area contributed by atoms with Crippen molar-refractivity contribution in [1.29, 1.82) is 0 Å². The molecule has 4 rings (SSSR count). The fourth-order valence-corrected chi connectivity index (χ4v) is 4.97. The molecule has 6 nitrogen and oxygen atoms in total. The van der Waals surface area contributed by atoms with Crippen LogP contribution in [-0.4, -0.2) is 24.8 Å². The molecule has 0 bridgehead atoms. The Bertz CT molecular complexity index is 1390. The average molecular weight is 463 g/mol. The van der Waals surface area contributed by atoms with Crippen molar-refractivity contribution in [3.63, 3.8) is 0 Å². The molecule has 0 radical (unpaired) electrons. The molecule has 2 heterocycles. The number of benzene rings is 2. The van der Waals surface area contributed by atoms with Crippen LogP contribution in [0.4, 0.5) is 0 Å². The van der Waals surface area contributed by atoms with Crippen molar-refractivity contribution in [3.05, 3.63) is 96.2 Å². The molecular weight excluding hydrogens is 436 g/mol. The molecule has 3 aromatic rings. The Morgan fingerprint density at radius 3 is 2.33 bits per heavy atom. The number of allylic oxidation sites excluding steroid dienone is 1. The SMILES string of the molecule is COC(=O)C1=C(C)N=c2s/c(=C/c3ccc(C(C)C)cc3)c(=O)n2[C@H]1c1ccc(OC)cc1. The number of thiazole rings is 1. The number of hydrogen-bond acceptors (Lipinski definition) is 6. The second-order valence-electron chi connectivity index (χ2n) is 8.17. The molecular formula is C26H26N2O4S. The standard InChI is InChI=1S/C26H26N2O4S/c1-15(2)18-8-6-17(7-9-18)14-21-24(29)28-23(19-10-12-20(31-4)13-11-19)22(25(30)32-5)16(3)27-26(28)33-21/h6-15,23H,1-5H3/b21-14+/t23-/m0/s1. The molecule has 0 saturated carbocycles. The van der Waals surface area contributed by atoms with E-state index in [-0.39, 0.29) is 5.56 Å². The zero-order chi connectivity index (χ0) is 23.7. The Morgan fingerprint density at radius 1 is 1.09 bits per heavy atom. The van der Waals surface area contributed by atoms with Gasteiger partial charge in [0.2, 0.25) is 0 Å². The first kappa shape index (κ1) is 22.7. The zero-order valence-electron chi connectivity index (χ0n) is 19.3. The second-order valence-corrected chi connectivity index (χ2v) is 9.18. The number of nitrogens with zero attached hydrogens (tertiary/aromatic N) is 2. The largest absolute Gasteiger partial charge is 0.497 e. The second kappa shape index (κ2) is 9.19. The van der Waals surface area contributed by atoms with Crippen LogP contribution in [0.1, 0.15) is 49.4 Å². The molecule has 1 aliphatic heterocycles. The van der Waals surface area contributed by atoms with Crippen LogP contribution in [-0.2, 0) is 9.53 Å². The molecule has 1 aliphatic rings. The van der Waals surface area contributed by atoms with Crippen molar-refractivity contribution >= 4 is 23.4 Å². The van der Waals surface area contributed by atoms with E-state index in [0.29, 0.717) is 32.3 Å². The third kappa shape index (κ3) is 4.28. The van der Waals surface area contributed by atoms with Crippen molar-refractivity contribution in [2.24, 2.45) is 4.99 Å². The fourth-order valence-electron chi connectivity index (χ4n) is 3.92. The monoisotopic (exact) mass is 462 g/mol. The number of fused-ring (bicyclic) bond motifs is 1. The molecule has 7 heteroatoms. The predicted octanol–water partition coefficient (Wildman–Crippen LogP) is 3.54. The van der Waals surface area contributed by atoms with E-state index in [1.54, 1.807) is 18.6 Å². The summed E-state index contributed by atoms with van der Waals surface area (Å²) in [7, 11) is 2.93. The van der Waals surface area contributed by atoms with Gasteiger partial charge in [0, 0.05) is 0 Å². The quantitative estimate of drug-likeness (QED) is 0.544. The van der Waals surface area contributed by atoms with Crippen LogP contribution in [0.3, 0.4) is 0 Å². The minimum Gasteiger partial charge on any atom is -0.497 e. The predicted molar refractivity (Wildman–Crippen MR) is 129 cm³/mol. The lowest BCUT2D eigenvalue weighted by Crippen LogP contribution is -2.39. The number of rotatable bonds is 5. The highest BCUT2D eigenvalue weighted by Gasteiger charge is 2.33. The van der Waals surface area contributed by atoms with E-state index in [4.69, 9.17) is 9.47 Å². The van der Waals surface area contributed by atoms with Gasteiger partial charge in [-0.15, -0.1) is 0 Å². The van der Waals surface area contributed by atoms with E-state index in [9.17, 15) is 9.59 Å². The van der Waals surface area contributed by atoms with Gasteiger partial charge in [-0.25, -0.2) is 9.79 Å². The van der Waals surface area contributed by atoms with Crippen molar-refractivity contribution < 1.29 is 14.3 Å². The molecule has 1 atom stereocenters. The maximum atomic E-state index is 13.5. The number of esters is 1. The zero-order valence-corrected chi connectivity index (χ0v) is 20.1. The van der Waals surface area contributed by atoms with Crippen LogP contribution in [0.2, 0.25) is 0 Å². The van der Waals surface area contributed by atoms with Crippen LogP contribution >= 0.6 is 11.3 Å². The van der Waals surface area contributed by atoms with Crippen molar-refractivity contribution in [2.75, 3.05) is 14.2 Å². The number of carbonyl (C=O) groups excluding carboxylic acids is 1. The molecule has 0 fully saturated rings. The number of aromatic nitrogens is 1. The highest BCUT2D eigenvalue weighted by Crippen LogP contribution is 2.31. The Labute approximate surface area is 196 Å². The summed E-state index contributed by atoms with van der Waals surface area (Å²) < 4.78 is 12.5. The highest BCUT2D eigenvalue weighted by atomic mass is 32.1. The summed E-state index contributed by atoms with van der Waals surface area (Å²) in [5, 5.41) is 0. The van der Waals surface area contributed by atoms with E-state index < -0.39 is 12.0 Å². The van der Waals surface area contributed by atoms with E-state index >= 15 is 0 Å². The van der Waals surface area contributed by atoms with Crippen molar-refractivity contribution in [1.82, 2.24) is 4.57 Å². The highest BCUT2D eigenvalue weighted by molar-refractivity contribution is 7.07. The lowest BCUT2D eigenvalue weighted by Gasteiger charge is -2.24. The Morgan fingerprint density at radius 2 is 1.76 bits per heavy atom. The third-order valence-corrected chi connectivity index (χ3v) is 6.74. The lowest BCUT2D eigenvalue weighted by molar-refractivity contribution is -0.136. The van der Waals surface area contributed by atoms with E-state index in [2.05, 4.69) is 31.0 Å². The van der Waals surface area contributed by atoms with Gasteiger partial charge in [0.05, 0.1) is 36.1 Å². The van der Waals surface area contributed by atoms with Gasteiger partial charge in [-0.1, -0.05) is 61.6 Å². The molecule has 0 unspecified atom stereocenters. The molecule has 0 aliphatic carbocycles. The van der Waals surface area contributed by atoms with E-state index in [1.807, 2.05) is 42.5 Å². The molecule has 0 spiro atoms. The number of ether oxygens (including phenoxy) is 2. The molecule has 170 valence electrons. The molecule has 0 N–H and O–H groups in total. The first-order valence-corrected chi connectivity index (χ1v) is 11.5. The van der Waals surface area contributed by atoms with Gasteiger partial charge < -0.3 is 9.47 Å². The average Bonchev–Trinajstić information content (AvgIpc) is 3.12. The van der Waals surface area contributed by atoms with Gasteiger partial charge in [-0.05, 0) is 47.7 Å². The number of carbonyl (C=O) groups is 1. The molecule has 33 heavy (non-hydrogen) atoms. The summed E-state index contributed by atoms with van der Waals surface area (Å²) in [6.07, 6.45) is 1.87. The first-order valence-electron chi connectivity index (χ1n) is 10.7. The fraction of sp³-hybridized carbons (Fsp3) is 0.269. The maximum absolute atomic E-state index is 13.5. The molecule has 2 aromatic carbocycles. The van der Waals surface area contributed by atoms with E-state index in [0.717, 1.165) is 11.1 Å². The van der Waals surface area contributed by atoms with E-state index in [1.165, 1.54) is 24.0 Å². The summed E-state index contributed by atoms with van der Waals surface area (Å²) in [6, 6.07) is 14.9. The summed E-state index contributed by atoms with van der Waals surface area (Å²) in [5.41, 5.74) is 3.65. The first-order chi connectivity index (χ1) is 15.8. The Balaban J connectivity index is 1.90. The smallest absolute Gasteiger partial charge is 0.338 e. The van der Waals surface area contributed by atoms with Crippen LogP contribution in [0, 0.1) is 0 Å². The molecule has 1 aromatic heterocycles. The maximum Gasteiger partial charge on any atom is 0.338 e. The van der Waals surface area contributed by atoms with Gasteiger partial charge >= 0.3 is 5.97 Å². The molecule has 0 saturated heterocycles. The van der Waals surface area contributed by atoms with Crippen LogP contribution in [0.15, 0.2) is 69.6 Å². The molecule has 0 amide bonds. The third-order valence-electron chi connectivity index (χ3n) is 5.76. The minimum absolute atomic E-state index is 0.193. The summed E-state index contributed by atoms with van der Waals surface area (Å²) >= 11 is 1.32. The van der Waals surface area contributed by atoms with Gasteiger partial charge in [-0.2, -0.15) is 0 Å². The van der Waals surface area contributed by atoms with Crippen molar-refractivity contribution in [2.45, 2.75) is 32.7 Å². The van der Waals surface area contributed by atoms with Gasteiger partial charge in [0.15, 0.2) is 4.80 Å².